The number of hydrogen-bond acceptors (Lipinski definition) is 4. The van der Waals surface area contributed by atoms with Gasteiger partial charge in [-0.2, -0.15) is 0 Å². The highest BCUT2D eigenvalue weighted by atomic mass is 16.5. The minimum absolute atomic E-state index is 0.0148. The molecule has 38 heavy (non-hydrogen) atoms. The third kappa shape index (κ3) is 26.3. The topological polar surface area (TPSA) is 66.8 Å². The summed E-state index contributed by atoms with van der Waals surface area (Å²) in [5.41, 5.74) is 0. The predicted molar refractivity (Wildman–Crippen MR) is 161 cm³/mol. The first-order valence-corrected chi connectivity index (χ1v) is 16.2. The van der Waals surface area contributed by atoms with Crippen molar-refractivity contribution in [3.63, 3.8) is 0 Å². The Hall–Kier alpha value is -1.36. The lowest BCUT2D eigenvalue weighted by Gasteiger charge is -2.17. The van der Waals surface area contributed by atoms with Crippen LogP contribution in [0.3, 0.4) is 0 Å². The molecule has 1 atom stereocenters. The molecule has 1 amide bonds. The number of allylic oxidation sites excluding steroid dienone is 2. The summed E-state index contributed by atoms with van der Waals surface area (Å²) in [5.74, 6) is -0.459. The van der Waals surface area contributed by atoms with Crippen LogP contribution in [0.2, 0.25) is 0 Å². The monoisotopic (exact) mass is 537 g/mol. The molecule has 0 aromatic rings. The predicted octanol–water partition coefficient (Wildman–Crippen LogP) is 8.92. The van der Waals surface area contributed by atoms with Crippen LogP contribution in [0.1, 0.15) is 162 Å². The van der Waals surface area contributed by atoms with E-state index >= 15 is 0 Å². The van der Waals surface area contributed by atoms with E-state index in [0.717, 1.165) is 38.5 Å². The number of ether oxygens (including phenoxy) is 1. The SMILES string of the molecule is CCCCCCCC/C=C\CCCCCCCC(=O)N(C)CC(=O)OCC(O)CCCCCCCCCC. The van der Waals surface area contributed by atoms with Crippen LogP contribution in [0.25, 0.3) is 0 Å². The largest absolute Gasteiger partial charge is 0.462 e. The van der Waals surface area contributed by atoms with E-state index in [1.165, 1.54) is 101 Å². The van der Waals surface area contributed by atoms with Gasteiger partial charge in [-0.1, -0.05) is 129 Å². The van der Waals surface area contributed by atoms with E-state index in [1.54, 1.807) is 7.05 Å². The Labute approximate surface area is 236 Å². The van der Waals surface area contributed by atoms with Gasteiger partial charge in [-0.05, 0) is 38.5 Å². The number of nitrogens with zero attached hydrogens (tertiary/aromatic N) is 1. The fourth-order valence-electron chi connectivity index (χ4n) is 4.65. The maximum absolute atomic E-state index is 12.3. The van der Waals surface area contributed by atoms with E-state index in [4.69, 9.17) is 4.74 Å². The molecule has 0 aromatic carbocycles. The van der Waals surface area contributed by atoms with Gasteiger partial charge in [0.2, 0.25) is 5.91 Å². The van der Waals surface area contributed by atoms with Gasteiger partial charge in [0, 0.05) is 13.5 Å². The molecule has 0 aromatic heterocycles. The average Bonchev–Trinajstić information content (AvgIpc) is 2.91. The molecule has 5 heteroatoms. The summed E-state index contributed by atoms with van der Waals surface area (Å²) in [7, 11) is 1.65. The van der Waals surface area contributed by atoms with E-state index < -0.39 is 12.1 Å². The molecule has 0 fully saturated rings. The fraction of sp³-hybridized carbons (Fsp3) is 0.879. The Bertz CT molecular complexity index is 563. The standard InChI is InChI=1S/C33H63NO4/c1-4-6-8-10-12-14-15-16-17-18-19-20-22-24-26-28-32(36)34(3)29-33(37)38-30-31(35)27-25-23-21-13-11-9-7-5-2/h16-17,31,35H,4-15,18-30H2,1-3H3/b17-16-. The molecule has 0 bridgehead atoms. The van der Waals surface area contributed by atoms with Crippen LogP contribution in [0, 0.1) is 0 Å². The molecule has 0 saturated carbocycles. The van der Waals surface area contributed by atoms with Crippen LogP contribution in [0.5, 0.6) is 0 Å². The molecule has 0 spiro atoms. The Balaban J connectivity index is 3.59. The van der Waals surface area contributed by atoms with Crippen molar-refractivity contribution in [2.45, 2.75) is 168 Å². The van der Waals surface area contributed by atoms with E-state index in [0.29, 0.717) is 12.8 Å². The number of rotatable bonds is 28. The number of unbranched alkanes of at least 4 members (excludes halogenated alkanes) is 18. The van der Waals surface area contributed by atoms with Crippen LogP contribution in [-0.2, 0) is 14.3 Å². The van der Waals surface area contributed by atoms with Crippen molar-refractivity contribution in [3.8, 4) is 0 Å². The molecule has 1 unspecified atom stereocenters. The van der Waals surface area contributed by atoms with E-state index in [-0.39, 0.29) is 19.1 Å². The number of carbonyl (C=O) groups excluding carboxylic acids is 2. The maximum Gasteiger partial charge on any atom is 0.325 e. The zero-order chi connectivity index (χ0) is 28.1. The molecular weight excluding hydrogens is 474 g/mol. The minimum atomic E-state index is -0.615. The average molecular weight is 538 g/mol. The summed E-state index contributed by atoms with van der Waals surface area (Å²) in [6.07, 6.45) is 31.0. The molecule has 0 rings (SSSR count). The molecule has 1 N–H and O–H groups in total. The molecule has 224 valence electrons. The van der Waals surface area contributed by atoms with Gasteiger partial charge in [0.1, 0.15) is 13.2 Å². The van der Waals surface area contributed by atoms with Gasteiger partial charge in [0.25, 0.3) is 0 Å². The van der Waals surface area contributed by atoms with E-state index in [2.05, 4.69) is 26.0 Å². The lowest BCUT2D eigenvalue weighted by Crippen LogP contribution is -2.34. The van der Waals surface area contributed by atoms with E-state index in [1.807, 2.05) is 0 Å². The second kappa shape index (κ2) is 28.6. The number of aliphatic hydroxyl groups is 1. The lowest BCUT2D eigenvalue weighted by atomic mass is 10.1. The number of hydrogen-bond donors (Lipinski definition) is 1. The van der Waals surface area contributed by atoms with Crippen molar-refractivity contribution in [1.29, 1.82) is 0 Å². The van der Waals surface area contributed by atoms with Crippen molar-refractivity contribution in [1.82, 2.24) is 4.90 Å². The van der Waals surface area contributed by atoms with Crippen LogP contribution in [-0.4, -0.2) is 48.2 Å². The summed E-state index contributed by atoms with van der Waals surface area (Å²) >= 11 is 0. The zero-order valence-electron chi connectivity index (χ0n) is 25.5. The van der Waals surface area contributed by atoms with E-state index in [9.17, 15) is 14.7 Å². The number of likely N-dealkylation sites (N-methyl/N-ethyl adjacent to an activating group) is 1. The molecule has 0 aliphatic carbocycles. The van der Waals surface area contributed by atoms with Crippen molar-refractivity contribution in [2.24, 2.45) is 0 Å². The van der Waals surface area contributed by atoms with Gasteiger partial charge in [-0.3, -0.25) is 9.59 Å². The third-order valence-corrected chi connectivity index (χ3v) is 7.27. The second-order valence-electron chi connectivity index (χ2n) is 11.2. The molecule has 0 saturated heterocycles. The van der Waals surface area contributed by atoms with Gasteiger partial charge in [0.15, 0.2) is 0 Å². The zero-order valence-corrected chi connectivity index (χ0v) is 25.5. The third-order valence-electron chi connectivity index (χ3n) is 7.27. The molecule has 0 aliphatic rings. The Morgan fingerprint density at radius 2 is 1.13 bits per heavy atom. The minimum Gasteiger partial charge on any atom is -0.462 e. The first-order chi connectivity index (χ1) is 18.5. The lowest BCUT2D eigenvalue weighted by molar-refractivity contribution is -0.151. The Morgan fingerprint density at radius 1 is 0.684 bits per heavy atom. The van der Waals surface area contributed by atoms with Gasteiger partial charge in [-0.25, -0.2) is 0 Å². The van der Waals surface area contributed by atoms with Crippen molar-refractivity contribution in [3.05, 3.63) is 12.2 Å². The Kier molecular flexibility index (Phi) is 27.6. The van der Waals surface area contributed by atoms with Crippen molar-refractivity contribution < 1.29 is 19.4 Å². The fourth-order valence-corrected chi connectivity index (χ4v) is 4.65. The Morgan fingerprint density at radius 3 is 1.66 bits per heavy atom. The maximum atomic E-state index is 12.3. The normalized spacial score (nSPS) is 12.2. The molecule has 5 nitrogen and oxygen atoms in total. The van der Waals surface area contributed by atoms with Crippen LogP contribution in [0.15, 0.2) is 12.2 Å². The summed E-state index contributed by atoms with van der Waals surface area (Å²) in [5, 5.41) is 10.1. The second-order valence-corrected chi connectivity index (χ2v) is 11.2. The smallest absolute Gasteiger partial charge is 0.325 e. The summed E-state index contributed by atoms with van der Waals surface area (Å²) in [6.45, 7) is 4.46. The number of amides is 1. The van der Waals surface area contributed by atoms with Gasteiger partial charge in [-0.15, -0.1) is 0 Å². The quantitative estimate of drug-likeness (QED) is 0.0614. The highest BCUT2D eigenvalue weighted by Gasteiger charge is 2.15. The first kappa shape index (κ1) is 36.6. The van der Waals surface area contributed by atoms with Crippen molar-refractivity contribution in [2.75, 3.05) is 20.2 Å². The molecule has 0 heterocycles. The van der Waals surface area contributed by atoms with Crippen molar-refractivity contribution >= 4 is 11.9 Å². The molecular formula is C33H63NO4. The summed E-state index contributed by atoms with van der Waals surface area (Å²) in [6, 6.07) is 0. The van der Waals surface area contributed by atoms with Crippen LogP contribution >= 0.6 is 0 Å². The first-order valence-electron chi connectivity index (χ1n) is 16.2. The van der Waals surface area contributed by atoms with Gasteiger partial charge >= 0.3 is 5.97 Å². The highest BCUT2D eigenvalue weighted by molar-refractivity contribution is 5.81. The van der Waals surface area contributed by atoms with Crippen LogP contribution in [0.4, 0.5) is 0 Å². The number of aliphatic hydroxyl groups excluding tert-OH is 1. The van der Waals surface area contributed by atoms with Gasteiger partial charge in [0.05, 0.1) is 6.10 Å². The van der Waals surface area contributed by atoms with Gasteiger partial charge < -0.3 is 14.7 Å². The number of esters is 1. The molecule has 0 aliphatic heterocycles. The molecule has 0 radical (unpaired) electrons. The summed E-state index contributed by atoms with van der Waals surface area (Å²) in [4.78, 5) is 25.8. The highest BCUT2D eigenvalue weighted by Crippen LogP contribution is 2.12. The number of carbonyl (C=O) groups is 2. The summed E-state index contributed by atoms with van der Waals surface area (Å²) < 4.78 is 5.19. The van der Waals surface area contributed by atoms with Crippen LogP contribution < -0.4 is 0 Å².